The maximum absolute atomic E-state index is 14.0. The number of nitrogens with zero attached hydrogens (tertiary/aromatic N) is 2. The van der Waals surface area contributed by atoms with Crippen molar-refractivity contribution < 1.29 is 18.7 Å². The van der Waals surface area contributed by atoms with E-state index in [1.807, 2.05) is 11.0 Å². The summed E-state index contributed by atoms with van der Waals surface area (Å²) in [6.45, 7) is 6.90. The number of hydrogen-bond acceptors (Lipinski definition) is 4. The molecule has 0 spiro atoms. The van der Waals surface area contributed by atoms with Gasteiger partial charge in [-0.1, -0.05) is 37.6 Å². The molecule has 0 N–H and O–H groups in total. The molecule has 5 nitrogen and oxygen atoms in total. The van der Waals surface area contributed by atoms with E-state index in [9.17, 15) is 9.18 Å². The van der Waals surface area contributed by atoms with Crippen molar-refractivity contribution in [3.63, 3.8) is 0 Å². The number of amides is 1. The van der Waals surface area contributed by atoms with Gasteiger partial charge in [-0.15, -0.1) is 0 Å². The van der Waals surface area contributed by atoms with E-state index in [-0.39, 0.29) is 11.7 Å². The van der Waals surface area contributed by atoms with Crippen molar-refractivity contribution in [2.45, 2.75) is 20.3 Å². The zero-order chi connectivity index (χ0) is 21.7. The Morgan fingerprint density at radius 2 is 1.87 bits per heavy atom. The second-order valence-corrected chi connectivity index (χ2v) is 8.16. The highest BCUT2D eigenvalue weighted by Gasteiger charge is 2.25. The molecule has 0 saturated carbocycles. The van der Waals surface area contributed by atoms with E-state index in [1.54, 1.807) is 29.2 Å². The Labute approximate surface area is 182 Å². The lowest BCUT2D eigenvalue weighted by Crippen LogP contribution is -2.49. The fourth-order valence-electron chi connectivity index (χ4n) is 3.42. The molecule has 1 fully saturated rings. The molecule has 2 aromatic carbocycles. The molecule has 1 aliphatic heterocycles. The van der Waals surface area contributed by atoms with Gasteiger partial charge in [-0.3, -0.25) is 4.79 Å². The van der Waals surface area contributed by atoms with E-state index < -0.39 is 0 Å². The van der Waals surface area contributed by atoms with Gasteiger partial charge >= 0.3 is 0 Å². The SMILES string of the molecule is COc1cc(C(=O)N2CCN(c3ccccc3F)CC2)cc(Cl)c1OCCC(C)C. The van der Waals surface area contributed by atoms with Crippen LogP contribution in [0.15, 0.2) is 36.4 Å². The second-order valence-electron chi connectivity index (χ2n) is 7.75. The average Bonchev–Trinajstić information content (AvgIpc) is 2.74. The summed E-state index contributed by atoms with van der Waals surface area (Å²) in [5.74, 6) is 1.04. The molecule has 0 radical (unpaired) electrons. The van der Waals surface area contributed by atoms with Crippen LogP contribution in [-0.4, -0.2) is 50.7 Å². The Hall–Kier alpha value is -2.47. The highest BCUT2D eigenvalue weighted by molar-refractivity contribution is 6.32. The first-order valence-electron chi connectivity index (χ1n) is 10.2. The van der Waals surface area contributed by atoms with Gasteiger partial charge in [0.25, 0.3) is 5.91 Å². The number of para-hydroxylation sites is 1. The number of ether oxygens (including phenoxy) is 2. The van der Waals surface area contributed by atoms with Crippen molar-refractivity contribution in [1.29, 1.82) is 0 Å². The number of benzene rings is 2. The predicted molar refractivity (Wildman–Crippen MR) is 117 cm³/mol. The topological polar surface area (TPSA) is 42.0 Å². The van der Waals surface area contributed by atoms with Crippen molar-refractivity contribution in [1.82, 2.24) is 4.90 Å². The molecule has 1 amide bonds. The van der Waals surface area contributed by atoms with Crippen molar-refractivity contribution in [3.05, 3.63) is 52.8 Å². The molecular formula is C23H28ClFN2O3. The molecule has 0 bridgehead atoms. The molecule has 1 heterocycles. The number of piperazine rings is 1. The average molecular weight is 435 g/mol. The first-order chi connectivity index (χ1) is 14.4. The summed E-state index contributed by atoms with van der Waals surface area (Å²) in [6.07, 6.45) is 0.895. The number of halogens is 2. The third-order valence-electron chi connectivity index (χ3n) is 5.18. The number of rotatable bonds is 7. The van der Waals surface area contributed by atoms with E-state index in [0.29, 0.717) is 66.5 Å². The second kappa shape index (κ2) is 10.0. The molecule has 30 heavy (non-hydrogen) atoms. The molecule has 3 rings (SSSR count). The van der Waals surface area contributed by atoms with Crippen LogP contribution in [0.5, 0.6) is 11.5 Å². The summed E-state index contributed by atoms with van der Waals surface area (Å²) in [4.78, 5) is 16.7. The standard InChI is InChI=1S/C23H28ClFN2O3/c1-16(2)8-13-30-22-18(24)14-17(15-21(22)29-3)23(28)27-11-9-26(10-12-27)20-7-5-4-6-19(20)25/h4-7,14-16H,8-13H2,1-3H3. The van der Waals surface area contributed by atoms with Gasteiger partial charge in [0.05, 0.1) is 24.4 Å². The lowest BCUT2D eigenvalue weighted by atomic mass is 10.1. The van der Waals surface area contributed by atoms with Crippen LogP contribution >= 0.6 is 11.6 Å². The monoisotopic (exact) mass is 434 g/mol. The Kier molecular flexibility index (Phi) is 7.43. The minimum Gasteiger partial charge on any atom is -0.493 e. The lowest BCUT2D eigenvalue weighted by molar-refractivity contribution is 0.0746. The largest absolute Gasteiger partial charge is 0.493 e. The van der Waals surface area contributed by atoms with Gasteiger partial charge in [-0.2, -0.15) is 0 Å². The minimum absolute atomic E-state index is 0.128. The minimum atomic E-state index is -0.248. The van der Waals surface area contributed by atoms with E-state index >= 15 is 0 Å². The smallest absolute Gasteiger partial charge is 0.254 e. The molecular weight excluding hydrogens is 407 g/mol. The first-order valence-corrected chi connectivity index (χ1v) is 10.6. The first kappa shape index (κ1) is 22.2. The summed E-state index contributed by atoms with van der Waals surface area (Å²) in [5.41, 5.74) is 1.02. The van der Waals surface area contributed by atoms with Crippen LogP contribution in [0, 0.1) is 11.7 Å². The quantitative estimate of drug-likeness (QED) is 0.623. The fourth-order valence-corrected chi connectivity index (χ4v) is 3.69. The Morgan fingerprint density at radius 3 is 2.50 bits per heavy atom. The molecule has 2 aromatic rings. The Balaban J connectivity index is 1.68. The highest BCUT2D eigenvalue weighted by Crippen LogP contribution is 2.37. The Morgan fingerprint density at radius 1 is 1.17 bits per heavy atom. The summed E-state index contributed by atoms with van der Waals surface area (Å²) in [6, 6.07) is 9.99. The fraction of sp³-hybridized carbons (Fsp3) is 0.435. The molecule has 0 atom stereocenters. The summed E-state index contributed by atoms with van der Waals surface area (Å²) < 4.78 is 25.3. The molecule has 162 valence electrons. The zero-order valence-corrected chi connectivity index (χ0v) is 18.4. The summed E-state index contributed by atoms with van der Waals surface area (Å²) >= 11 is 6.41. The summed E-state index contributed by atoms with van der Waals surface area (Å²) in [5, 5.41) is 0.353. The van der Waals surface area contributed by atoms with Crippen molar-refractivity contribution >= 4 is 23.2 Å². The lowest BCUT2D eigenvalue weighted by Gasteiger charge is -2.36. The maximum Gasteiger partial charge on any atom is 0.254 e. The number of methoxy groups -OCH3 is 1. The molecule has 1 aliphatic rings. The van der Waals surface area contributed by atoms with Gasteiger partial charge in [-0.05, 0) is 36.6 Å². The van der Waals surface area contributed by atoms with Crippen LogP contribution in [0.2, 0.25) is 5.02 Å². The number of carbonyl (C=O) groups is 1. The zero-order valence-electron chi connectivity index (χ0n) is 17.7. The van der Waals surface area contributed by atoms with Crippen LogP contribution in [0.3, 0.4) is 0 Å². The van der Waals surface area contributed by atoms with Crippen molar-refractivity contribution in [2.24, 2.45) is 5.92 Å². The van der Waals surface area contributed by atoms with E-state index in [0.717, 1.165) is 6.42 Å². The highest BCUT2D eigenvalue weighted by atomic mass is 35.5. The number of carbonyl (C=O) groups excluding carboxylic acids is 1. The van der Waals surface area contributed by atoms with Crippen LogP contribution in [-0.2, 0) is 0 Å². The van der Waals surface area contributed by atoms with Crippen LogP contribution in [0.25, 0.3) is 0 Å². The molecule has 0 aliphatic carbocycles. The van der Waals surface area contributed by atoms with Gasteiger partial charge in [0.15, 0.2) is 11.5 Å². The van der Waals surface area contributed by atoms with Gasteiger partial charge in [0, 0.05) is 31.7 Å². The van der Waals surface area contributed by atoms with Gasteiger partial charge in [-0.25, -0.2) is 4.39 Å². The van der Waals surface area contributed by atoms with Gasteiger partial charge in [0.1, 0.15) is 5.82 Å². The van der Waals surface area contributed by atoms with Crippen molar-refractivity contribution in [3.8, 4) is 11.5 Å². The predicted octanol–water partition coefficient (Wildman–Crippen LogP) is 4.88. The maximum atomic E-state index is 14.0. The van der Waals surface area contributed by atoms with E-state index in [1.165, 1.54) is 13.2 Å². The molecule has 7 heteroatoms. The molecule has 1 saturated heterocycles. The van der Waals surface area contributed by atoms with Crippen molar-refractivity contribution in [2.75, 3.05) is 44.8 Å². The van der Waals surface area contributed by atoms with Crippen LogP contribution < -0.4 is 14.4 Å². The van der Waals surface area contributed by atoms with Crippen LogP contribution in [0.1, 0.15) is 30.6 Å². The van der Waals surface area contributed by atoms with Crippen LogP contribution in [0.4, 0.5) is 10.1 Å². The van der Waals surface area contributed by atoms with E-state index in [2.05, 4.69) is 13.8 Å². The Bertz CT molecular complexity index is 883. The third kappa shape index (κ3) is 5.17. The molecule has 0 aromatic heterocycles. The normalized spacial score (nSPS) is 14.2. The van der Waals surface area contributed by atoms with Gasteiger partial charge < -0.3 is 19.3 Å². The van der Waals surface area contributed by atoms with E-state index in [4.69, 9.17) is 21.1 Å². The summed E-state index contributed by atoms with van der Waals surface area (Å²) in [7, 11) is 1.53. The molecule has 0 unspecified atom stereocenters. The van der Waals surface area contributed by atoms with Gasteiger partial charge in [0.2, 0.25) is 0 Å². The third-order valence-corrected chi connectivity index (χ3v) is 5.46. The number of hydrogen-bond donors (Lipinski definition) is 0. The number of anilines is 1.